The summed E-state index contributed by atoms with van der Waals surface area (Å²) in [6.45, 7) is 13.8. The van der Waals surface area contributed by atoms with Gasteiger partial charge < -0.3 is 0 Å². The van der Waals surface area contributed by atoms with Gasteiger partial charge in [0.2, 0.25) is 5.69 Å². The number of fused-ring (bicyclic) bond motifs is 4. The number of nitrogens with zero attached hydrogens (tertiary/aromatic N) is 1. The van der Waals surface area contributed by atoms with Crippen molar-refractivity contribution >= 4 is 42.3 Å². The van der Waals surface area contributed by atoms with Gasteiger partial charge in [0.1, 0.15) is 11.7 Å². The van der Waals surface area contributed by atoms with Gasteiger partial charge in [-0.3, -0.25) is 0 Å². The van der Waals surface area contributed by atoms with Gasteiger partial charge in [-0.25, -0.2) is 0 Å². The van der Waals surface area contributed by atoms with Gasteiger partial charge in [-0.1, -0.05) is 57.2 Å². The summed E-state index contributed by atoms with van der Waals surface area (Å²) in [7, 11) is 2.18. The molecule has 1 nitrogen and oxygen atoms in total. The van der Waals surface area contributed by atoms with Crippen molar-refractivity contribution in [2.75, 3.05) is 0 Å². The zero-order chi connectivity index (χ0) is 22.8. The lowest BCUT2D eigenvalue weighted by Gasteiger charge is -2.19. The average molecular weight is 439 g/mol. The van der Waals surface area contributed by atoms with E-state index in [1.54, 1.807) is 0 Å². The summed E-state index contributed by atoms with van der Waals surface area (Å²) >= 11 is 1.96. The van der Waals surface area contributed by atoms with Gasteiger partial charge >= 0.3 is 0 Å². The fourth-order valence-electron chi connectivity index (χ4n) is 5.14. The Hall–Kier alpha value is -2.71. The zero-order valence-electron chi connectivity index (χ0n) is 20.3. The summed E-state index contributed by atoms with van der Waals surface area (Å²) in [5, 5.41) is 5.46. The molecule has 2 heterocycles. The first kappa shape index (κ1) is 21.2. The van der Waals surface area contributed by atoms with Gasteiger partial charge in [-0.15, -0.1) is 11.3 Å². The highest BCUT2D eigenvalue weighted by molar-refractivity contribution is 7.26. The molecule has 5 aromatic rings. The number of hydrogen-bond donors (Lipinski definition) is 0. The Morgan fingerprint density at radius 1 is 0.781 bits per heavy atom. The van der Waals surface area contributed by atoms with Crippen LogP contribution in [0.15, 0.2) is 54.7 Å². The van der Waals surface area contributed by atoms with Gasteiger partial charge in [-0.2, -0.15) is 4.57 Å². The third-order valence-electron chi connectivity index (χ3n) is 6.79. The fraction of sp³-hybridized carbons (Fsp3) is 0.300. The number of aryl methyl sites for hydroxylation is 4. The van der Waals surface area contributed by atoms with Crippen molar-refractivity contribution in [2.45, 2.75) is 48.0 Å². The summed E-state index contributed by atoms with van der Waals surface area (Å²) in [4.78, 5) is 0. The van der Waals surface area contributed by atoms with Crippen molar-refractivity contribution in [3.8, 4) is 11.3 Å². The summed E-state index contributed by atoms with van der Waals surface area (Å²) < 4.78 is 5.13. The molecule has 0 aliphatic carbocycles. The lowest BCUT2D eigenvalue weighted by Crippen LogP contribution is -2.30. The van der Waals surface area contributed by atoms with Crippen molar-refractivity contribution in [3.05, 3.63) is 77.0 Å². The topological polar surface area (TPSA) is 3.88 Å². The van der Waals surface area contributed by atoms with E-state index in [4.69, 9.17) is 0 Å². The normalized spacial score (nSPS) is 12.3. The Morgan fingerprint density at radius 3 is 2.19 bits per heavy atom. The van der Waals surface area contributed by atoms with Crippen molar-refractivity contribution in [1.82, 2.24) is 0 Å². The number of pyridine rings is 1. The third-order valence-corrected chi connectivity index (χ3v) is 8.13. The molecular formula is C30H32NS+. The predicted molar refractivity (Wildman–Crippen MR) is 141 cm³/mol. The molecule has 0 radical (unpaired) electrons. The molecule has 2 heteroatoms. The zero-order valence-corrected chi connectivity index (χ0v) is 21.1. The maximum Gasteiger partial charge on any atom is 0.230 e. The first-order chi connectivity index (χ1) is 15.2. The van der Waals surface area contributed by atoms with E-state index in [1.807, 2.05) is 11.3 Å². The van der Waals surface area contributed by atoms with Crippen molar-refractivity contribution in [1.29, 1.82) is 0 Å². The van der Waals surface area contributed by atoms with Crippen LogP contribution >= 0.6 is 11.3 Å². The minimum absolute atomic E-state index is 0.284. The molecule has 0 aliphatic heterocycles. The van der Waals surface area contributed by atoms with Crippen LogP contribution in [-0.4, -0.2) is 0 Å². The van der Waals surface area contributed by atoms with Gasteiger partial charge in [-0.05, 0) is 71.7 Å². The Labute approximate surface area is 195 Å². The second-order valence-corrected chi connectivity index (χ2v) is 11.5. The fourth-order valence-corrected chi connectivity index (χ4v) is 6.56. The third kappa shape index (κ3) is 3.33. The van der Waals surface area contributed by atoms with E-state index in [-0.39, 0.29) is 5.41 Å². The van der Waals surface area contributed by atoms with Crippen LogP contribution in [-0.2, 0) is 13.5 Å². The number of hydrogen-bond acceptors (Lipinski definition) is 1. The van der Waals surface area contributed by atoms with Gasteiger partial charge in [0.25, 0.3) is 0 Å². The van der Waals surface area contributed by atoms with Crippen LogP contribution in [0.3, 0.4) is 0 Å². The average Bonchev–Trinajstić information content (AvgIpc) is 3.11. The van der Waals surface area contributed by atoms with Crippen molar-refractivity contribution in [3.63, 3.8) is 0 Å². The summed E-state index contributed by atoms with van der Waals surface area (Å²) in [5.41, 5.74) is 8.56. The van der Waals surface area contributed by atoms with E-state index in [0.29, 0.717) is 0 Å². The van der Waals surface area contributed by atoms with Crippen LogP contribution in [0.1, 0.15) is 43.0 Å². The number of rotatable bonds is 2. The minimum atomic E-state index is 0.284. The second-order valence-electron chi connectivity index (χ2n) is 10.5. The van der Waals surface area contributed by atoms with E-state index in [2.05, 4.69) is 108 Å². The van der Waals surface area contributed by atoms with Crippen LogP contribution in [0.5, 0.6) is 0 Å². The molecule has 0 amide bonds. The highest BCUT2D eigenvalue weighted by Gasteiger charge is 2.23. The van der Waals surface area contributed by atoms with Crippen molar-refractivity contribution < 1.29 is 4.57 Å². The standard InChI is InChI=1S/C30H32NS/c1-18-16-26(20(3)23-11-9-8-10-22(18)23)27-29-25(14-15-31(27)7)24-13-12-21(17-30(4,5)6)19(2)28(24)32-29/h8-16H,17H2,1-7H3/q+1. The van der Waals surface area contributed by atoms with Crippen LogP contribution in [0.25, 0.3) is 42.2 Å². The summed E-state index contributed by atoms with van der Waals surface area (Å²) in [6, 6.07) is 18.2. The molecule has 0 saturated carbocycles. The number of aromatic nitrogens is 1. The van der Waals surface area contributed by atoms with Crippen LogP contribution in [0.4, 0.5) is 0 Å². The van der Waals surface area contributed by atoms with Crippen LogP contribution in [0.2, 0.25) is 0 Å². The predicted octanol–water partition coefficient (Wildman–Crippen LogP) is 8.21. The van der Waals surface area contributed by atoms with Gasteiger partial charge in [0.15, 0.2) is 6.20 Å². The van der Waals surface area contributed by atoms with E-state index >= 15 is 0 Å². The molecule has 5 rings (SSSR count). The molecule has 0 unspecified atom stereocenters. The molecule has 0 fully saturated rings. The lowest BCUT2D eigenvalue weighted by molar-refractivity contribution is -0.659. The van der Waals surface area contributed by atoms with E-state index in [1.165, 1.54) is 64.5 Å². The first-order valence-electron chi connectivity index (χ1n) is 11.5. The van der Waals surface area contributed by atoms with Gasteiger partial charge in [0, 0.05) is 21.5 Å². The molecule has 0 saturated heterocycles. The maximum absolute atomic E-state index is 2.38. The Bertz CT molecular complexity index is 1510. The number of thiophene rings is 1. The Morgan fingerprint density at radius 2 is 1.47 bits per heavy atom. The molecule has 0 aliphatic rings. The molecule has 0 N–H and O–H groups in total. The second kappa shape index (κ2) is 7.42. The summed E-state index contributed by atoms with van der Waals surface area (Å²) in [6.07, 6.45) is 3.33. The SMILES string of the molecule is Cc1cc(-c2c3sc4c(C)c(CC(C)(C)C)ccc4c3cc[n+]2C)c(C)c2ccccc12. The van der Waals surface area contributed by atoms with E-state index in [9.17, 15) is 0 Å². The Balaban J connectivity index is 1.83. The quantitative estimate of drug-likeness (QED) is 0.244. The molecule has 0 atom stereocenters. The van der Waals surface area contributed by atoms with Crippen molar-refractivity contribution in [2.24, 2.45) is 12.5 Å². The molecule has 2 aromatic heterocycles. The largest absolute Gasteiger partial charge is 0.230 e. The molecule has 0 spiro atoms. The van der Waals surface area contributed by atoms with E-state index in [0.717, 1.165) is 6.42 Å². The van der Waals surface area contributed by atoms with Crippen LogP contribution < -0.4 is 4.57 Å². The van der Waals surface area contributed by atoms with E-state index < -0.39 is 0 Å². The van der Waals surface area contributed by atoms with Crippen LogP contribution in [0, 0.1) is 26.2 Å². The molecular weight excluding hydrogens is 406 g/mol. The van der Waals surface area contributed by atoms with Gasteiger partial charge in [0.05, 0.1) is 5.56 Å². The molecule has 32 heavy (non-hydrogen) atoms. The number of benzene rings is 3. The minimum Gasteiger partial charge on any atom is -0.200 e. The first-order valence-corrected chi connectivity index (χ1v) is 12.3. The highest BCUT2D eigenvalue weighted by Crippen LogP contribution is 2.42. The molecule has 162 valence electrons. The highest BCUT2D eigenvalue weighted by atomic mass is 32.1. The summed E-state index contributed by atoms with van der Waals surface area (Å²) in [5.74, 6) is 0. The monoisotopic (exact) mass is 438 g/mol. The maximum atomic E-state index is 2.38. The molecule has 0 bridgehead atoms. The lowest BCUT2D eigenvalue weighted by atomic mass is 9.86. The smallest absolute Gasteiger partial charge is 0.200 e. The Kier molecular flexibility index (Phi) is 4.90. The molecule has 3 aromatic carbocycles.